The number of anilines is 1. The molecule has 0 unspecified atom stereocenters. The van der Waals surface area contributed by atoms with Gasteiger partial charge in [0.25, 0.3) is 0 Å². The molecule has 1 fully saturated rings. The molecule has 0 radical (unpaired) electrons. The normalized spacial score (nSPS) is 16.9. The summed E-state index contributed by atoms with van der Waals surface area (Å²) in [5.41, 5.74) is 0.190. The van der Waals surface area contributed by atoms with Crippen molar-refractivity contribution in [1.29, 1.82) is 0 Å². The summed E-state index contributed by atoms with van der Waals surface area (Å²) in [4.78, 5) is 23.4. The molecule has 0 spiro atoms. The Morgan fingerprint density at radius 1 is 1.35 bits per heavy atom. The summed E-state index contributed by atoms with van der Waals surface area (Å²) in [6.45, 7) is 1.76. The maximum atomic E-state index is 13.2. The molecule has 0 bridgehead atoms. The van der Waals surface area contributed by atoms with Gasteiger partial charge in [0.05, 0.1) is 5.41 Å². The van der Waals surface area contributed by atoms with Crippen molar-refractivity contribution >= 4 is 17.6 Å². The van der Waals surface area contributed by atoms with Crippen LogP contribution in [0.4, 0.5) is 10.1 Å². The Kier molecular flexibility index (Phi) is 4.06. The minimum absolute atomic E-state index is 0.0573. The summed E-state index contributed by atoms with van der Waals surface area (Å²) in [5.74, 6) is -1.72. The first-order chi connectivity index (χ1) is 9.43. The highest BCUT2D eigenvalue weighted by molar-refractivity contribution is 5.94. The van der Waals surface area contributed by atoms with Crippen LogP contribution in [-0.4, -0.2) is 17.0 Å². The molecule has 1 aromatic rings. The van der Waals surface area contributed by atoms with Crippen LogP contribution in [0.15, 0.2) is 18.2 Å². The maximum absolute atomic E-state index is 13.2. The van der Waals surface area contributed by atoms with Crippen LogP contribution >= 0.6 is 0 Å². The molecule has 5 heteroatoms. The number of hydrogen-bond acceptors (Lipinski definition) is 2. The highest BCUT2D eigenvalue weighted by Crippen LogP contribution is 2.41. The van der Waals surface area contributed by atoms with Gasteiger partial charge in [0, 0.05) is 12.1 Å². The molecule has 1 aliphatic rings. The lowest BCUT2D eigenvalue weighted by Gasteiger charge is -2.23. The zero-order valence-corrected chi connectivity index (χ0v) is 11.4. The summed E-state index contributed by atoms with van der Waals surface area (Å²) < 4.78 is 13.2. The lowest BCUT2D eigenvalue weighted by Crippen LogP contribution is -2.32. The van der Waals surface area contributed by atoms with E-state index < -0.39 is 17.2 Å². The molecule has 1 saturated carbocycles. The highest BCUT2D eigenvalue weighted by atomic mass is 19.1. The van der Waals surface area contributed by atoms with Crippen LogP contribution in [0.3, 0.4) is 0 Å². The van der Waals surface area contributed by atoms with Crippen molar-refractivity contribution in [2.75, 3.05) is 5.32 Å². The van der Waals surface area contributed by atoms with Crippen molar-refractivity contribution in [2.45, 2.75) is 39.0 Å². The molecule has 0 aliphatic heterocycles. The van der Waals surface area contributed by atoms with E-state index in [9.17, 15) is 19.1 Å². The van der Waals surface area contributed by atoms with Crippen LogP contribution in [0.1, 0.15) is 37.7 Å². The predicted octanol–water partition coefficient (Wildman–Crippen LogP) is 3.11. The number of aryl methyl sites for hydroxylation is 1. The van der Waals surface area contributed by atoms with E-state index >= 15 is 0 Å². The number of aliphatic carboxylic acids is 1. The topological polar surface area (TPSA) is 66.4 Å². The third-order valence-electron chi connectivity index (χ3n) is 3.99. The second-order valence-corrected chi connectivity index (χ2v) is 5.48. The van der Waals surface area contributed by atoms with Gasteiger partial charge in [-0.2, -0.15) is 0 Å². The summed E-state index contributed by atoms with van der Waals surface area (Å²) in [7, 11) is 0. The van der Waals surface area contributed by atoms with Crippen LogP contribution < -0.4 is 5.32 Å². The van der Waals surface area contributed by atoms with Gasteiger partial charge in [-0.15, -0.1) is 0 Å². The van der Waals surface area contributed by atoms with Gasteiger partial charge in [-0.3, -0.25) is 9.59 Å². The van der Waals surface area contributed by atoms with E-state index in [1.807, 2.05) is 0 Å². The third-order valence-corrected chi connectivity index (χ3v) is 3.99. The van der Waals surface area contributed by atoms with E-state index in [4.69, 9.17) is 0 Å². The molecule has 0 saturated heterocycles. The standard InChI is InChI=1S/C15H18FNO3/c1-10-4-5-11(16)8-12(10)17-13(18)9-15(14(19)20)6-2-3-7-15/h4-5,8H,2-3,6-7,9H2,1H3,(H,17,18)(H,19,20). The second-order valence-electron chi connectivity index (χ2n) is 5.48. The first-order valence-electron chi connectivity index (χ1n) is 6.72. The van der Waals surface area contributed by atoms with E-state index in [1.54, 1.807) is 13.0 Å². The zero-order chi connectivity index (χ0) is 14.8. The maximum Gasteiger partial charge on any atom is 0.310 e. The fourth-order valence-corrected chi connectivity index (χ4v) is 2.75. The number of nitrogens with one attached hydrogen (secondary N) is 1. The van der Waals surface area contributed by atoms with Gasteiger partial charge in [-0.1, -0.05) is 18.9 Å². The number of carbonyl (C=O) groups excluding carboxylic acids is 1. The summed E-state index contributed by atoms with van der Waals surface area (Å²) in [6.07, 6.45) is 2.66. The van der Waals surface area contributed by atoms with Gasteiger partial charge in [-0.05, 0) is 37.5 Å². The molecule has 2 rings (SSSR count). The molecule has 1 aromatic carbocycles. The number of halogens is 1. The Labute approximate surface area is 117 Å². The average Bonchev–Trinajstić information content (AvgIpc) is 2.83. The van der Waals surface area contributed by atoms with Crippen molar-refractivity contribution in [3.8, 4) is 0 Å². The number of rotatable bonds is 4. The Bertz CT molecular complexity index is 536. The molecular formula is C15H18FNO3. The highest BCUT2D eigenvalue weighted by Gasteiger charge is 2.42. The lowest BCUT2D eigenvalue weighted by molar-refractivity contribution is -0.150. The first-order valence-corrected chi connectivity index (χ1v) is 6.72. The zero-order valence-electron chi connectivity index (χ0n) is 11.4. The molecule has 108 valence electrons. The van der Waals surface area contributed by atoms with Crippen molar-refractivity contribution in [2.24, 2.45) is 5.41 Å². The van der Waals surface area contributed by atoms with Gasteiger partial charge in [0.2, 0.25) is 5.91 Å². The van der Waals surface area contributed by atoms with Crippen molar-refractivity contribution in [3.63, 3.8) is 0 Å². The Balaban J connectivity index is 2.08. The lowest BCUT2D eigenvalue weighted by atomic mass is 9.82. The first kappa shape index (κ1) is 14.5. The van der Waals surface area contributed by atoms with Crippen molar-refractivity contribution < 1.29 is 19.1 Å². The van der Waals surface area contributed by atoms with Crippen LogP contribution in [-0.2, 0) is 9.59 Å². The van der Waals surface area contributed by atoms with Crippen LogP contribution in [0.2, 0.25) is 0 Å². The number of carboxylic acid groups (broad SMARTS) is 1. The summed E-state index contributed by atoms with van der Waals surface area (Å²) in [6, 6.07) is 4.14. The molecule has 0 aromatic heterocycles. The van der Waals surface area contributed by atoms with Crippen molar-refractivity contribution in [1.82, 2.24) is 0 Å². The van der Waals surface area contributed by atoms with E-state index in [-0.39, 0.29) is 12.3 Å². The molecule has 1 amide bonds. The Morgan fingerprint density at radius 3 is 2.60 bits per heavy atom. The quantitative estimate of drug-likeness (QED) is 0.890. The molecule has 0 heterocycles. The second kappa shape index (κ2) is 5.61. The van der Waals surface area contributed by atoms with Gasteiger partial charge in [0.15, 0.2) is 0 Å². The fourth-order valence-electron chi connectivity index (χ4n) is 2.75. The van der Waals surface area contributed by atoms with Gasteiger partial charge in [-0.25, -0.2) is 4.39 Å². The third kappa shape index (κ3) is 2.98. The smallest absolute Gasteiger partial charge is 0.310 e. The number of carboxylic acids is 1. The van der Waals surface area contributed by atoms with Crippen LogP contribution in [0, 0.1) is 18.2 Å². The number of carbonyl (C=O) groups is 2. The molecule has 20 heavy (non-hydrogen) atoms. The van der Waals surface area contributed by atoms with E-state index in [2.05, 4.69) is 5.32 Å². The SMILES string of the molecule is Cc1ccc(F)cc1NC(=O)CC1(C(=O)O)CCCC1. The van der Waals surface area contributed by atoms with E-state index in [1.165, 1.54) is 12.1 Å². The predicted molar refractivity (Wildman–Crippen MR) is 72.9 cm³/mol. The molecular weight excluding hydrogens is 261 g/mol. The Hall–Kier alpha value is -1.91. The Morgan fingerprint density at radius 2 is 2.00 bits per heavy atom. The van der Waals surface area contributed by atoms with E-state index in [0.717, 1.165) is 18.4 Å². The molecule has 0 atom stereocenters. The minimum atomic E-state index is -0.953. The summed E-state index contributed by atoms with van der Waals surface area (Å²) in [5, 5.41) is 12.0. The number of amides is 1. The van der Waals surface area contributed by atoms with Crippen LogP contribution in [0.5, 0.6) is 0 Å². The van der Waals surface area contributed by atoms with Crippen LogP contribution in [0.25, 0.3) is 0 Å². The molecule has 4 nitrogen and oxygen atoms in total. The van der Waals surface area contributed by atoms with Gasteiger partial charge in [0.1, 0.15) is 5.82 Å². The monoisotopic (exact) mass is 279 g/mol. The summed E-state index contributed by atoms with van der Waals surface area (Å²) >= 11 is 0. The van der Waals surface area contributed by atoms with E-state index in [0.29, 0.717) is 18.5 Å². The number of benzene rings is 1. The number of hydrogen-bond donors (Lipinski definition) is 2. The largest absolute Gasteiger partial charge is 0.481 e. The molecule has 2 N–H and O–H groups in total. The average molecular weight is 279 g/mol. The van der Waals surface area contributed by atoms with Crippen molar-refractivity contribution in [3.05, 3.63) is 29.6 Å². The molecule has 1 aliphatic carbocycles. The fraction of sp³-hybridized carbons (Fsp3) is 0.467. The van der Waals surface area contributed by atoms with Gasteiger partial charge < -0.3 is 10.4 Å². The van der Waals surface area contributed by atoms with Gasteiger partial charge >= 0.3 is 5.97 Å². The minimum Gasteiger partial charge on any atom is -0.481 e.